The molecule has 2 N–H and O–H groups in total. The topological polar surface area (TPSA) is 102 Å². The predicted octanol–water partition coefficient (Wildman–Crippen LogP) is 2.33. The van der Waals surface area contributed by atoms with Crippen LogP contribution in [0, 0.1) is 0 Å². The molecule has 26 heavy (non-hydrogen) atoms. The van der Waals surface area contributed by atoms with E-state index in [1.165, 1.54) is 18.7 Å². The Morgan fingerprint density at radius 1 is 0.962 bits per heavy atom. The standard InChI is InChI=1S/C18H19N5O2S/c19-26(24,25)15-8-14(10-20-11-15)13-4-5-17-16(9-13)18(22-12-21-17)23-6-2-1-3-7-23/h4-5,8-12H,1-3,6-7H2,(H2,19,24,25). The second kappa shape index (κ2) is 6.62. The van der Waals surface area contributed by atoms with Crippen molar-refractivity contribution in [2.75, 3.05) is 18.0 Å². The maximum Gasteiger partial charge on any atom is 0.239 e. The van der Waals surface area contributed by atoms with Crippen molar-refractivity contribution in [2.45, 2.75) is 24.2 Å². The minimum Gasteiger partial charge on any atom is -0.356 e. The number of primary sulfonamides is 1. The molecule has 0 atom stereocenters. The van der Waals surface area contributed by atoms with E-state index in [2.05, 4.69) is 19.9 Å². The van der Waals surface area contributed by atoms with Gasteiger partial charge >= 0.3 is 0 Å². The Morgan fingerprint density at radius 2 is 1.77 bits per heavy atom. The van der Waals surface area contributed by atoms with Crippen LogP contribution in [-0.4, -0.2) is 36.5 Å². The predicted molar refractivity (Wildman–Crippen MR) is 100 cm³/mol. The lowest BCUT2D eigenvalue weighted by atomic mass is 10.0. The summed E-state index contributed by atoms with van der Waals surface area (Å²) < 4.78 is 23.2. The minimum absolute atomic E-state index is 0.00402. The molecule has 0 unspecified atom stereocenters. The molecule has 3 aromatic rings. The quantitative estimate of drug-likeness (QED) is 0.760. The molecule has 1 aromatic carbocycles. The molecule has 3 heterocycles. The Labute approximate surface area is 152 Å². The van der Waals surface area contributed by atoms with Crippen LogP contribution in [0.1, 0.15) is 19.3 Å². The summed E-state index contributed by atoms with van der Waals surface area (Å²) in [6.45, 7) is 1.97. The van der Waals surface area contributed by atoms with E-state index in [0.29, 0.717) is 5.56 Å². The van der Waals surface area contributed by atoms with E-state index in [0.717, 1.165) is 48.2 Å². The first kappa shape index (κ1) is 16.9. The van der Waals surface area contributed by atoms with E-state index in [1.807, 2.05) is 18.2 Å². The third kappa shape index (κ3) is 3.25. The molecular formula is C18H19N5O2S. The van der Waals surface area contributed by atoms with Crippen molar-refractivity contribution < 1.29 is 8.42 Å². The highest BCUT2D eigenvalue weighted by atomic mass is 32.2. The highest BCUT2D eigenvalue weighted by molar-refractivity contribution is 7.89. The molecule has 0 aliphatic carbocycles. The Hall–Kier alpha value is -2.58. The van der Waals surface area contributed by atoms with Crippen molar-refractivity contribution in [2.24, 2.45) is 5.14 Å². The van der Waals surface area contributed by atoms with E-state index < -0.39 is 10.0 Å². The number of aromatic nitrogens is 3. The first-order chi connectivity index (χ1) is 12.5. The molecule has 0 saturated carbocycles. The van der Waals surface area contributed by atoms with Crippen molar-refractivity contribution in [3.8, 4) is 11.1 Å². The second-order valence-electron chi connectivity index (χ2n) is 6.43. The maximum atomic E-state index is 11.6. The van der Waals surface area contributed by atoms with Crippen LogP contribution < -0.4 is 10.0 Å². The zero-order valence-electron chi connectivity index (χ0n) is 14.2. The number of piperidine rings is 1. The van der Waals surface area contributed by atoms with E-state index in [9.17, 15) is 8.42 Å². The average molecular weight is 369 g/mol. The van der Waals surface area contributed by atoms with Crippen LogP contribution in [0.25, 0.3) is 22.0 Å². The number of hydrogen-bond donors (Lipinski definition) is 1. The summed E-state index contributed by atoms with van der Waals surface area (Å²) in [5, 5.41) is 6.17. The molecule has 1 fully saturated rings. The molecule has 7 nitrogen and oxygen atoms in total. The molecule has 0 radical (unpaired) electrons. The molecule has 4 rings (SSSR count). The van der Waals surface area contributed by atoms with E-state index in [1.54, 1.807) is 12.5 Å². The van der Waals surface area contributed by atoms with Crippen LogP contribution in [0.15, 0.2) is 47.9 Å². The van der Waals surface area contributed by atoms with Gasteiger partial charge in [0.15, 0.2) is 0 Å². The van der Waals surface area contributed by atoms with E-state index >= 15 is 0 Å². The summed E-state index contributed by atoms with van der Waals surface area (Å²) >= 11 is 0. The van der Waals surface area contributed by atoms with Crippen LogP contribution in [0.4, 0.5) is 5.82 Å². The van der Waals surface area contributed by atoms with Crippen molar-refractivity contribution >= 4 is 26.7 Å². The molecule has 0 amide bonds. The van der Waals surface area contributed by atoms with Crippen molar-refractivity contribution in [1.82, 2.24) is 15.0 Å². The first-order valence-electron chi connectivity index (χ1n) is 8.50. The van der Waals surface area contributed by atoms with Crippen molar-refractivity contribution in [3.05, 3.63) is 43.0 Å². The Balaban J connectivity index is 1.82. The van der Waals surface area contributed by atoms with Gasteiger partial charge in [-0.1, -0.05) is 6.07 Å². The van der Waals surface area contributed by atoms with Crippen LogP contribution in [0.5, 0.6) is 0 Å². The smallest absolute Gasteiger partial charge is 0.239 e. The molecule has 0 bridgehead atoms. The van der Waals surface area contributed by atoms with Gasteiger partial charge < -0.3 is 4.90 Å². The summed E-state index contributed by atoms with van der Waals surface area (Å²) in [6, 6.07) is 7.35. The second-order valence-corrected chi connectivity index (χ2v) is 7.99. The van der Waals surface area contributed by atoms with Gasteiger partial charge in [0.2, 0.25) is 10.0 Å². The molecule has 1 saturated heterocycles. The number of hydrogen-bond acceptors (Lipinski definition) is 6. The van der Waals surface area contributed by atoms with Gasteiger partial charge in [-0.05, 0) is 43.0 Å². The molecular weight excluding hydrogens is 350 g/mol. The van der Waals surface area contributed by atoms with Crippen LogP contribution in [-0.2, 0) is 10.0 Å². The van der Waals surface area contributed by atoms with Crippen LogP contribution in [0.3, 0.4) is 0 Å². The third-order valence-corrected chi connectivity index (χ3v) is 5.53. The first-order valence-corrected chi connectivity index (χ1v) is 10.0. The summed E-state index contributed by atoms with van der Waals surface area (Å²) in [5.41, 5.74) is 2.40. The Bertz CT molecular complexity index is 1060. The summed E-state index contributed by atoms with van der Waals surface area (Å²) in [7, 11) is -3.80. The highest BCUT2D eigenvalue weighted by Crippen LogP contribution is 2.30. The number of nitrogens with two attached hydrogens (primary N) is 1. The highest BCUT2D eigenvalue weighted by Gasteiger charge is 2.16. The van der Waals surface area contributed by atoms with E-state index in [-0.39, 0.29) is 4.90 Å². The number of pyridine rings is 1. The van der Waals surface area contributed by atoms with Gasteiger partial charge in [0, 0.05) is 36.4 Å². The molecule has 134 valence electrons. The normalized spacial score (nSPS) is 15.3. The number of rotatable bonds is 3. The van der Waals surface area contributed by atoms with Gasteiger partial charge in [-0.25, -0.2) is 23.5 Å². The van der Waals surface area contributed by atoms with Crippen molar-refractivity contribution in [3.63, 3.8) is 0 Å². The van der Waals surface area contributed by atoms with Crippen LogP contribution in [0.2, 0.25) is 0 Å². The fourth-order valence-electron chi connectivity index (χ4n) is 3.31. The number of fused-ring (bicyclic) bond motifs is 1. The van der Waals surface area contributed by atoms with Crippen LogP contribution >= 0.6 is 0 Å². The molecule has 2 aromatic heterocycles. The largest absolute Gasteiger partial charge is 0.356 e. The average Bonchev–Trinajstić information content (AvgIpc) is 2.67. The lowest BCUT2D eigenvalue weighted by Crippen LogP contribution is -2.30. The zero-order chi connectivity index (χ0) is 18.1. The molecule has 0 spiro atoms. The van der Waals surface area contributed by atoms with Gasteiger partial charge in [0.25, 0.3) is 0 Å². The van der Waals surface area contributed by atoms with Gasteiger partial charge in [-0.3, -0.25) is 4.98 Å². The summed E-state index contributed by atoms with van der Waals surface area (Å²) in [6.07, 6.45) is 8.03. The lowest BCUT2D eigenvalue weighted by molar-refractivity contribution is 0.574. The fourth-order valence-corrected chi connectivity index (χ4v) is 3.81. The summed E-state index contributed by atoms with van der Waals surface area (Å²) in [5.74, 6) is 0.923. The lowest BCUT2D eigenvalue weighted by Gasteiger charge is -2.28. The molecule has 8 heteroatoms. The molecule has 1 aliphatic rings. The maximum absolute atomic E-state index is 11.6. The van der Waals surface area contributed by atoms with Crippen molar-refractivity contribution in [1.29, 1.82) is 0 Å². The number of anilines is 1. The van der Waals surface area contributed by atoms with E-state index in [4.69, 9.17) is 5.14 Å². The Kier molecular flexibility index (Phi) is 4.29. The summed E-state index contributed by atoms with van der Waals surface area (Å²) in [4.78, 5) is 15.2. The monoisotopic (exact) mass is 369 g/mol. The van der Waals surface area contributed by atoms with Gasteiger partial charge in [0.05, 0.1) is 5.52 Å². The Morgan fingerprint density at radius 3 is 2.54 bits per heavy atom. The number of benzene rings is 1. The molecule has 1 aliphatic heterocycles. The third-order valence-electron chi connectivity index (χ3n) is 4.64. The minimum atomic E-state index is -3.80. The zero-order valence-corrected chi connectivity index (χ0v) is 15.0. The fraction of sp³-hybridized carbons (Fsp3) is 0.278. The number of nitrogens with zero attached hydrogens (tertiary/aromatic N) is 4. The van der Waals surface area contributed by atoms with Gasteiger partial charge in [-0.15, -0.1) is 0 Å². The van der Waals surface area contributed by atoms with Gasteiger partial charge in [-0.2, -0.15) is 0 Å². The van der Waals surface area contributed by atoms with Gasteiger partial charge in [0.1, 0.15) is 17.0 Å². The SMILES string of the molecule is NS(=O)(=O)c1cncc(-c2ccc3ncnc(N4CCCCC4)c3c2)c1. The number of sulfonamides is 1.